The summed E-state index contributed by atoms with van der Waals surface area (Å²) in [6.45, 7) is 5.10. The lowest BCUT2D eigenvalue weighted by Crippen LogP contribution is -2.45. The molecule has 3 nitrogen and oxygen atoms in total. The molecule has 3 heteroatoms. The van der Waals surface area contributed by atoms with Crippen LogP contribution in [-0.2, 0) is 4.79 Å². The van der Waals surface area contributed by atoms with Crippen molar-refractivity contribution in [3.8, 4) is 0 Å². The predicted octanol–water partition coefficient (Wildman–Crippen LogP) is 2.56. The first kappa shape index (κ1) is 13.9. The molecule has 1 N–H and O–H groups in total. The van der Waals surface area contributed by atoms with E-state index < -0.39 is 0 Å². The van der Waals surface area contributed by atoms with Crippen molar-refractivity contribution in [2.24, 2.45) is 5.92 Å². The van der Waals surface area contributed by atoms with Crippen LogP contribution in [0.1, 0.15) is 58.3 Å². The molecule has 0 radical (unpaired) electrons. The number of rotatable bonds is 3. The minimum absolute atomic E-state index is 0.246. The standard InChI is InChI=1S/C15H28N2O/c1-13-8-4-5-9-14(13)16-15(18)12-17-10-6-2-3-7-11-17/h13-14H,2-12H2,1H3,(H,16,18). The highest BCUT2D eigenvalue weighted by molar-refractivity contribution is 5.78. The molecule has 0 bridgehead atoms. The Morgan fingerprint density at radius 1 is 1.06 bits per heavy atom. The van der Waals surface area contributed by atoms with Crippen LogP contribution in [-0.4, -0.2) is 36.5 Å². The highest BCUT2D eigenvalue weighted by atomic mass is 16.2. The fourth-order valence-electron chi connectivity index (χ4n) is 3.28. The molecule has 0 spiro atoms. The number of nitrogens with one attached hydrogen (secondary N) is 1. The van der Waals surface area contributed by atoms with Gasteiger partial charge in [0.2, 0.25) is 5.91 Å². The molecule has 1 aliphatic heterocycles. The molecule has 1 saturated heterocycles. The first-order chi connectivity index (χ1) is 8.75. The van der Waals surface area contributed by atoms with E-state index in [-0.39, 0.29) is 5.91 Å². The zero-order chi connectivity index (χ0) is 12.8. The van der Waals surface area contributed by atoms with Crippen molar-refractivity contribution in [3.63, 3.8) is 0 Å². The number of carbonyl (C=O) groups is 1. The van der Waals surface area contributed by atoms with E-state index in [9.17, 15) is 4.79 Å². The van der Waals surface area contributed by atoms with Gasteiger partial charge in [-0.1, -0.05) is 32.6 Å². The molecule has 1 heterocycles. The highest BCUT2D eigenvalue weighted by Crippen LogP contribution is 2.23. The normalized spacial score (nSPS) is 30.7. The zero-order valence-corrected chi connectivity index (χ0v) is 11.8. The van der Waals surface area contributed by atoms with Crippen LogP contribution in [0.3, 0.4) is 0 Å². The molecule has 2 fully saturated rings. The third-order valence-corrected chi connectivity index (χ3v) is 4.52. The van der Waals surface area contributed by atoms with E-state index in [4.69, 9.17) is 0 Å². The molecule has 1 saturated carbocycles. The van der Waals surface area contributed by atoms with Crippen molar-refractivity contribution >= 4 is 5.91 Å². The smallest absolute Gasteiger partial charge is 0.234 e. The summed E-state index contributed by atoms with van der Waals surface area (Å²) in [5, 5.41) is 3.26. The number of amides is 1. The Morgan fingerprint density at radius 3 is 2.39 bits per heavy atom. The van der Waals surface area contributed by atoms with Crippen LogP contribution in [0.4, 0.5) is 0 Å². The van der Waals surface area contributed by atoms with Crippen molar-refractivity contribution in [3.05, 3.63) is 0 Å². The van der Waals surface area contributed by atoms with E-state index in [0.29, 0.717) is 18.5 Å². The third-order valence-electron chi connectivity index (χ3n) is 4.52. The molecule has 0 aromatic heterocycles. The second kappa shape index (κ2) is 7.13. The van der Waals surface area contributed by atoms with Gasteiger partial charge in [-0.15, -0.1) is 0 Å². The molecule has 2 atom stereocenters. The van der Waals surface area contributed by atoms with Gasteiger partial charge in [-0.3, -0.25) is 9.69 Å². The van der Waals surface area contributed by atoms with Crippen LogP contribution in [0.2, 0.25) is 0 Å². The lowest BCUT2D eigenvalue weighted by molar-refractivity contribution is -0.123. The summed E-state index contributed by atoms with van der Waals surface area (Å²) >= 11 is 0. The first-order valence-corrected chi connectivity index (χ1v) is 7.77. The number of likely N-dealkylation sites (tertiary alicyclic amines) is 1. The fourth-order valence-corrected chi connectivity index (χ4v) is 3.28. The maximum atomic E-state index is 12.1. The summed E-state index contributed by atoms with van der Waals surface area (Å²) in [6.07, 6.45) is 10.2. The monoisotopic (exact) mass is 252 g/mol. The van der Waals surface area contributed by atoms with E-state index in [2.05, 4.69) is 17.1 Å². The average Bonchev–Trinajstić information content (AvgIpc) is 2.61. The lowest BCUT2D eigenvalue weighted by Gasteiger charge is -2.30. The summed E-state index contributed by atoms with van der Waals surface area (Å²) in [5.41, 5.74) is 0. The highest BCUT2D eigenvalue weighted by Gasteiger charge is 2.23. The van der Waals surface area contributed by atoms with E-state index in [0.717, 1.165) is 13.1 Å². The third kappa shape index (κ3) is 4.27. The van der Waals surface area contributed by atoms with Crippen molar-refractivity contribution in [1.82, 2.24) is 10.2 Å². The maximum absolute atomic E-state index is 12.1. The van der Waals surface area contributed by atoms with Crippen LogP contribution in [0.5, 0.6) is 0 Å². The second-order valence-electron chi connectivity index (χ2n) is 6.13. The number of hydrogen-bond donors (Lipinski definition) is 1. The summed E-state index contributed by atoms with van der Waals surface area (Å²) in [7, 11) is 0. The molecule has 0 aromatic carbocycles. The predicted molar refractivity (Wildman–Crippen MR) is 74.5 cm³/mol. The van der Waals surface area contributed by atoms with Gasteiger partial charge in [0.05, 0.1) is 6.54 Å². The topological polar surface area (TPSA) is 32.3 Å². The largest absolute Gasteiger partial charge is 0.352 e. The quantitative estimate of drug-likeness (QED) is 0.837. The van der Waals surface area contributed by atoms with Gasteiger partial charge < -0.3 is 5.32 Å². The number of nitrogens with zero attached hydrogens (tertiary/aromatic N) is 1. The second-order valence-corrected chi connectivity index (χ2v) is 6.13. The van der Waals surface area contributed by atoms with Crippen molar-refractivity contribution in [1.29, 1.82) is 0 Å². The summed E-state index contributed by atoms with van der Waals surface area (Å²) in [4.78, 5) is 14.4. The van der Waals surface area contributed by atoms with Crippen molar-refractivity contribution < 1.29 is 4.79 Å². The maximum Gasteiger partial charge on any atom is 0.234 e. The Balaban J connectivity index is 1.73. The van der Waals surface area contributed by atoms with Crippen LogP contribution < -0.4 is 5.32 Å². The molecular weight excluding hydrogens is 224 g/mol. The number of hydrogen-bond acceptors (Lipinski definition) is 2. The van der Waals surface area contributed by atoms with Crippen LogP contribution in [0.15, 0.2) is 0 Å². The van der Waals surface area contributed by atoms with Gasteiger partial charge in [-0.25, -0.2) is 0 Å². The molecule has 1 aliphatic carbocycles. The Morgan fingerprint density at radius 2 is 1.72 bits per heavy atom. The number of carbonyl (C=O) groups excluding carboxylic acids is 1. The van der Waals surface area contributed by atoms with E-state index >= 15 is 0 Å². The van der Waals surface area contributed by atoms with Gasteiger partial charge in [-0.05, 0) is 44.7 Å². The molecule has 2 rings (SSSR count). The fraction of sp³-hybridized carbons (Fsp3) is 0.933. The Labute approximate surface area is 111 Å². The van der Waals surface area contributed by atoms with Gasteiger partial charge in [0, 0.05) is 6.04 Å². The van der Waals surface area contributed by atoms with Gasteiger partial charge in [0.25, 0.3) is 0 Å². The Hall–Kier alpha value is -0.570. The van der Waals surface area contributed by atoms with E-state index in [1.165, 1.54) is 51.4 Å². The Bertz CT molecular complexity index is 259. The van der Waals surface area contributed by atoms with E-state index in [1.807, 2.05) is 0 Å². The van der Waals surface area contributed by atoms with Crippen LogP contribution in [0, 0.1) is 5.92 Å². The summed E-state index contributed by atoms with van der Waals surface area (Å²) in [6, 6.07) is 0.429. The summed E-state index contributed by atoms with van der Waals surface area (Å²) < 4.78 is 0. The van der Waals surface area contributed by atoms with Crippen molar-refractivity contribution in [2.75, 3.05) is 19.6 Å². The van der Waals surface area contributed by atoms with Gasteiger partial charge in [-0.2, -0.15) is 0 Å². The molecule has 2 unspecified atom stereocenters. The molecular formula is C15H28N2O. The van der Waals surface area contributed by atoms with Gasteiger partial charge in [0.15, 0.2) is 0 Å². The summed E-state index contributed by atoms with van der Waals surface area (Å²) in [5.74, 6) is 0.905. The zero-order valence-electron chi connectivity index (χ0n) is 11.8. The minimum atomic E-state index is 0.246. The van der Waals surface area contributed by atoms with Gasteiger partial charge in [0.1, 0.15) is 0 Å². The first-order valence-electron chi connectivity index (χ1n) is 7.77. The van der Waals surface area contributed by atoms with Crippen LogP contribution >= 0.6 is 0 Å². The van der Waals surface area contributed by atoms with E-state index in [1.54, 1.807) is 0 Å². The SMILES string of the molecule is CC1CCCCC1NC(=O)CN1CCCCCC1. The van der Waals surface area contributed by atoms with Crippen molar-refractivity contribution in [2.45, 2.75) is 64.3 Å². The average molecular weight is 252 g/mol. The lowest BCUT2D eigenvalue weighted by atomic mass is 9.86. The van der Waals surface area contributed by atoms with Gasteiger partial charge >= 0.3 is 0 Å². The molecule has 104 valence electrons. The molecule has 1 amide bonds. The van der Waals surface area contributed by atoms with Crippen LogP contribution in [0.25, 0.3) is 0 Å². The molecule has 18 heavy (non-hydrogen) atoms. The molecule has 2 aliphatic rings. The Kier molecular flexibility index (Phi) is 5.48. The minimum Gasteiger partial charge on any atom is -0.352 e. The molecule has 0 aromatic rings.